The summed E-state index contributed by atoms with van der Waals surface area (Å²) in [6, 6.07) is 9.94. The van der Waals surface area contributed by atoms with E-state index in [1.54, 1.807) is 6.20 Å². The number of hydrogen-bond donors (Lipinski definition) is 2. The average Bonchev–Trinajstić information content (AvgIpc) is 3.21. The highest BCUT2D eigenvalue weighted by Gasteiger charge is 2.15. The molecule has 1 atom stereocenters. The molecule has 0 spiro atoms. The van der Waals surface area contributed by atoms with Crippen molar-refractivity contribution in [2.24, 2.45) is 4.99 Å². The number of guanidine groups is 1. The van der Waals surface area contributed by atoms with E-state index in [1.165, 1.54) is 11.1 Å². The van der Waals surface area contributed by atoms with Gasteiger partial charge in [0.05, 0.1) is 12.6 Å². The summed E-state index contributed by atoms with van der Waals surface area (Å²) in [5.74, 6) is 2.17. The molecule has 1 aliphatic heterocycles. The number of nitrogens with zero attached hydrogens (tertiary/aromatic N) is 2. The van der Waals surface area contributed by atoms with E-state index in [9.17, 15) is 0 Å². The van der Waals surface area contributed by atoms with Crippen LogP contribution in [0.25, 0.3) is 0 Å². The maximum absolute atomic E-state index is 5.92. The van der Waals surface area contributed by atoms with Crippen LogP contribution in [0.2, 0.25) is 0 Å². The van der Waals surface area contributed by atoms with E-state index in [0.29, 0.717) is 12.4 Å². The van der Waals surface area contributed by atoms with Gasteiger partial charge in [-0.25, -0.2) is 9.98 Å². The number of rotatable bonds is 7. The van der Waals surface area contributed by atoms with Gasteiger partial charge >= 0.3 is 0 Å². The zero-order valence-corrected chi connectivity index (χ0v) is 19.7. The second kappa shape index (κ2) is 12.0. The van der Waals surface area contributed by atoms with Crippen LogP contribution in [0.3, 0.4) is 0 Å². The molecule has 0 radical (unpaired) electrons. The molecule has 1 fully saturated rings. The summed E-state index contributed by atoms with van der Waals surface area (Å²) in [5.41, 5.74) is 3.49. The summed E-state index contributed by atoms with van der Waals surface area (Å²) in [6.07, 6.45) is 4.28. The van der Waals surface area contributed by atoms with E-state index in [-0.39, 0.29) is 30.1 Å². The maximum atomic E-state index is 5.92. The van der Waals surface area contributed by atoms with Crippen LogP contribution in [-0.2, 0) is 11.3 Å². The smallest absolute Gasteiger partial charge is 0.219 e. The molecule has 2 heterocycles. The van der Waals surface area contributed by atoms with Crippen molar-refractivity contribution in [3.05, 3.63) is 53.2 Å². The minimum atomic E-state index is 0. The molecule has 0 bridgehead atoms. The van der Waals surface area contributed by atoms with Gasteiger partial charge in [0.1, 0.15) is 5.75 Å². The van der Waals surface area contributed by atoms with Crippen molar-refractivity contribution in [1.29, 1.82) is 0 Å². The van der Waals surface area contributed by atoms with Crippen molar-refractivity contribution in [1.82, 2.24) is 15.6 Å². The molecule has 29 heavy (non-hydrogen) atoms. The molecule has 1 aromatic heterocycles. The average molecular weight is 510 g/mol. The lowest BCUT2D eigenvalue weighted by molar-refractivity contribution is 0.114. The first-order valence-electron chi connectivity index (χ1n) is 9.98. The minimum absolute atomic E-state index is 0. The number of ether oxygens (including phenoxy) is 2. The Labute approximate surface area is 190 Å². The molecule has 1 unspecified atom stereocenters. The van der Waals surface area contributed by atoms with Crippen molar-refractivity contribution in [2.75, 3.05) is 19.7 Å². The van der Waals surface area contributed by atoms with E-state index in [1.807, 2.05) is 24.3 Å². The van der Waals surface area contributed by atoms with Gasteiger partial charge in [-0.2, -0.15) is 0 Å². The van der Waals surface area contributed by atoms with Crippen LogP contribution < -0.4 is 15.4 Å². The van der Waals surface area contributed by atoms with Gasteiger partial charge in [0, 0.05) is 32.0 Å². The third-order valence-electron chi connectivity index (χ3n) is 4.79. The molecule has 7 heteroatoms. The molecule has 0 saturated carbocycles. The summed E-state index contributed by atoms with van der Waals surface area (Å²) in [6.45, 7) is 9.23. The first-order chi connectivity index (χ1) is 13.6. The van der Waals surface area contributed by atoms with Gasteiger partial charge in [-0.15, -0.1) is 24.0 Å². The summed E-state index contributed by atoms with van der Waals surface area (Å²) in [5, 5.41) is 6.65. The first-order valence-corrected chi connectivity index (χ1v) is 9.98. The SMILES string of the molecule is CCNC(=NCc1ccnc(Oc2ccc(C)c(C)c2)c1)NCC1CCCO1.I. The second-order valence-corrected chi connectivity index (χ2v) is 7.06. The van der Waals surface area contributed by atoms with Gasteiger partial charge < -0.3 is 20.1 Å². The van der Waals surface area contributed by atoms with E-state index in [4.69, 9.17) is 9.47 Å². The van der Waals surface area contributed by atoms with Crippen LogP contribution in [0.1, 0.15) is 36.5 Å². The third-order valence-corrected chi connectivity index (χ3v) is 4.79. The van der Waals surface area contributed by atoms with Crippen LogP contribution in [0.4, 0.5) is 0 Å². The third kappa shape index (κ3) is 7.47. The second-order valence-electron chi connectivity index (χ2n) is 7.06. The molecule has 3 rings (SSSR count). The molecule has 2 N–H and O–H groups in total. The highest BCUT2D eigenvalue weighted by Crippen LogP contribution is 2.22. The van der Waals surface area contributed by atoms with E-state index >= 15 is 0 Å². The number of aromatic nitrogens is 1. The normalized spacial score (nSPS) is 16.2. The topological polar surface area (TPSA) is 67.8 Å². The minimum Gasteiger partial charge on any atom is -0.439 e. The maximum Gasteiger partial charge on any atom is 0.219 e. The van der Waals surface area contributed by atoms with Gasteiger partial charge in [0.2, 0.25) is 5.88 Å². The lowest BCUT2D eigenvalue weighted by Crippen LogP contribution is -2.41. The van der Waals surface area contributed by atoms with Crippen molar-refractivity contribution in [3.8, 4) is 11.6 Å². The van der Waals surface area contributed by atoms with Crippen LogP contribution in [0.5, 0.6) is 11.6 Å². The molecule has 1 aliphatic rings. The number of pyridine rings is 1. The number of hydrogen-bond acceptors (Lipinski definition) is 4. The number of nitrogens with one attached hydrogen (secondary N) is 2. The Balaban J connectivity index is 0.00000300. The Morgan fingerprint density at radius 3 is 2.79 bits per heavy atom. The quantitative estimate of drug-likeness (QED) is 0.330. The van der Waals surface area contributed by atoms with Crippen LogP contribution in [0.15, 0.2) is 41.5 Å². The van der Waals surface area contributed by atoms with Crippen molar-refractivity contribution >= 4 is 29.9 Å². The van der Waals surface area contributed by atoms with Gasteiger partial charge in [0.15, 0.2) is 5.96 Å². The number of halogens is 1. The number of benzene rings is 1. The predicted octanol–water partition coefficient (Wildman–Crippen LogP) is 4.34. The Morgan fingerprint density at radius 1 is 1.21 bits per heavy atom. The Morgan fingerprint density at radius 2 is 2.07 bits per heavy atom. The zero-order chi connectivity index (χ0) is 19.8. The summed E-state index contributed by atoms with van der Waals surface area (Å²) in [7, 11) is 0. The lowest BCUT2D eigenvalue weighted by atomic mass is 10.1. The Hall–Kier alpha value is -1.87. The van der Waals surface area contributed by atoms with Crippen molar-refractivity contribution in [2.45, 2.75) is 46.3 Å². The molecule has 1 aromatic carbocycles. The highest BCUT2D eigenvalue weighted by atomic mass is 127. The van der Waals surface area contributed by atoms with Crippen LogP contribution >= 0.6 is 24.0 Å². The monoisotopic (exact) mass is 510 g/mol. The van der Waals surface area contributed by atoms with Gasteiger partial charge in [-0.05, 0) is 68.5 Å². The largest absolute Gasteiger partial charge is 0.439 e. The molecule has 2 aromatic rings. The first kappa shape index (κ1) is 23.4. The Kier molecular flexibility index (Phi) is 9.66. The summed E-state index contributed by atoms with van der Waals surface area (Å²) in [4.78, 5) is 8.99. The van der Waals surface area contributed by atoms with Crippen LogP contribution in [-0.4, -0.2) is 36.7 Å². The molecule has 158 valence electrons. The fourth-order valence-corrected chi connectivity index (χ4v) is 3.03. The molecular formula is C22H31IN4O2. The van der Waals surface area contributed by atoms with Crippen molar-refractivity contribution < 1.29 is 9.47 Å². The molecule has 6 nitrogen and oxygen atoms in total. The molecule has 0 amide bonds. The van der Waals surface area contributed by atoms with Gasteiger partial charge in [-0.3, -0.25) is 0 Å². The standard InChI is InChI=1S/C22H30N4O2.HI/c1-4-23-22(26-15-20-6-5-11-27-20)25-14-18-9-10-24-21(13-18)28-19-8-7-16(2)17(3)12-19;/h7-10,12-13,20H,4-6,11,14-15H2,1-3H3,(H2,23,25,26);1H. The molecule has 1 saturated heterocycles. The summed E-state index contributed by atoms with van der Waals surface area (Å²) >= 11 is 0. The van der Waals surface area contributed by atoms with E-state index in [2.05, 4.69) is 47.4 Å². The van der Waals surface area contributed by atoms with Crippen LogP contribution in [0, 0.1) is 13.8 Å². The van der Waals surface area contributed by atoms with Gasteiger partial charge in [-0.1, -0.05) is 6.07 Å². The van der Waals surface area contributed by atoms with E-state index < -0.39 is 0 Å². The fourth-order valence-electron chi connectivity index (χ4n) is 3.03. The number of aryl methyl sites for hydroxylation is 2. The summed E-state index contributed by atoms with van der Waals surface area (Å²) < 4.78 is 11.6. The molecule has 0 aliphatic carbocycles. The zero-order valence-electron chi connectivity index (χ0n) is 17.4. The molecular weight excluding hydrogens is 479 g/mol. The predicted molar refractivity (Wildman–Crippen MR) is 127 cm³/mol. The lowest BCUT2D eigenvalue weighted by Gasteiger charge is -2.14. The van der Waals surface area contributed by atoms with Gasteiger partial charge in [0.25, 0.3) is 0 Å². The van der Waals surface area contributed by atoms with Crippen molar-refractivity contribution in [3.63, 3.8) is 0 Å². The number of aliphatic imine (C=N–C) groups is 1. The fraction of sp³-hybridized carbons (Fsp3) is 0.455. The highest BCUT2D eigenvalue weighted by molar-refractivity contribution is 14.0. The Bertz CT molecular complexity index is 807. The van der Waals surface area contributed by atoms with E-state index in [0.717, 1.165) is 49.8 Å².